The van der Waals surface area contributed by atoms with Gasteiger partial charge in [-0.1, -0.05) is 0 Å². The van der Waals surface area contributed by atoms with Gasteiger partial charge in [0.15, 0.2) is 39.8 Å². The minimum absolute atomic E-state index is 0.0864. The Balaban J connectivity index is 1.98. The third-order valence-electron chi connectivity index (χ3n) is 3.88. The molecule has 6 nitrogen and oxygen atoms in total. The predicted molar refractivity (Wildman–Crippen MR) is 97.3 cm³/mol. The molecule has 3 rings (SSSR count). The van der Waals surface area contributed by atoms with Crippen LogP contribution in [0.2, 0.25) is 0 Å². The Morgan fingerprint density at radius 1 is 1.04 bits per heavy atom. The van der Waals surface area contributed by atoms with E-state index < -0.39 is 17.7 Å². The third-order valence-corrected chi connectivity index (χ3v) is 4.16. The second-order valence-electron chi connectivity index (χ2n) is 5.60. The SMILES string of the molecule is COc1ccc(-n2c(C(C)Oc3ccc(F)cc3F)n[nH]c2=S)cc1OC. The van der Waals surface area contributed by atoms with Crippen molar-refractivity contribution in [1.29, 1.82) is 0 Å². The van der Waals surface area contributed by atoms with Gasteiger partial charge in [-0.25, -0.2) is 8.78 Å². The highest BCUT2D eigenvalue weighted by Crippen LogP contribution is 2.31. The third kappa shape index (κ3) is 3.77. The van der Waals surface area contributed by atoms with Gasteiger partial charge in [0.25, 0.3) is 0 Å². The Morgan fingerprint density at radius 3 is 2.41 bits per heavy atom. The summed E-state index contributed by atoms with van der Waals surface area (Å²) in [7, 11) is 3.07. The zero-order valence-corrected chi connectivity index (χ0v) is 15.6. The predicted octanol–water partition coefficient (Wildman–Crippen LogP) is 4.37. The van der Waals surface area contributed by atoms with Crippen LogP contribution in [0.5, 0.6) is 17.2 Å². The number of rotatable bonds is 6. The maximum Gasteiger partial charge on any atom is 0.199 e. The molecule has 1 N–H and O–H groups in total. The highest BCUT2D eigenvalue weighted by atomic mass is 32.1. The Bertz CT molecular complexity index is 1020. The first-order chi connectivity index (χ1) is 12.9. The summed E-state index contributed by atoms with van der Waals surface area (Å²) < 4.78 is 45.1. The van der Waals surface area contributed by atoms with Crippen molar-refractivity contribution in [3.05, 3.63) is 58.6 Å². The molecule has 0 saturated carbocycles. The number of halogens is 2. The number of H-pyrrole nitrogens is 1. The summed E-state index contributed by atoms with van der Waals surface area (Å²) in [5.41, 5.74) is 0.663. The van der Waals surface area contributed by atoms with Gasteiger partial charge in [-0.05, 0) is 43.4 Å². The molecule has 142 valence electrons. The molecule has 0 aliphatic carbocycles. The van der Waals surface area contributed by atoms with Gasteiger partial charge in [-0.2, -0.15) is 5.10 Å². The number of aromatic amines is 1. The van der Waals surface area contributed by atoms with E-state index in [-0.39, 0.29) is 5.75 Å². The monoisotopic (exact) mass is 393 g/mol. The van der Waals surface area contributed by atoms with Gasteiger partial charge in [-0.15, -0.1) is 0 Å². The molecule has 0 radical (unpaired) electrons. The van der Waals surface area contributed by atoms with Crippen molar-refractivity contribution < 1.29 is 23.0 Å². The number of hydrogen-bond acceptors (Lipinski definition) is 5. The van der Waals surface area contributed by atoms with Gasteiger partial charge in [0, 0.05) is 12.1 Å². The minimum Gasteiger partial charge on any atom is -0.493 e. The summed E-state index contributed by atoms with van der Waals surface area (Å²) in [6, 6.07) is 8.35. The molecule has 0 aliphatic heterocycles. The number of nitrogens with one attached hydrogen (secondary N) is 1. The summed E-state index contributed by atoms with van der Waals surface area (Å²) in [5, 5.41) is 6.89. The van der Waals surface area contributed by atoms with E-state index >= 15 is 0 Å². The maximum absolute atomic E-state index is 13.9. The normalized spacial score (nSPS) is 11.9. The molecule has 27 heavy (non-hydrogen) atoms. The average molecular weight is 393 g/mol. The first-order valence-corrected chi connectivity index (χ1v) is 8.37. The van der Waals surface area contributed by atoms with Crippen LogP contribution >= 0.6 is 12.2 Å². The van der Waals surface area contributed by atoms with Crippen LogP contribution in [0.4, 0.5) is 8.78 Å². The number of benzene rings is 2. The van der Waals surface area contributed by atoms with Crippen molar-refractivity contribution in [3.8, 4) is 22.9 Å². The quantitative estimate of drug-likeness (QED) is 0.631. The van der Waals surface area contributed by atoms with Gasteiger partial charge in [0.05, 0.1) is 19.9 Å². The fourth-order valence-corrected chi connectivity index (χ4v) is 2.85. The fourth-order valence-electron chi connectivity index (χ4n) is 2.61. The van der Waals surface area contributed by atoms with Crippen molar-refractivity contribution >= 4 is 12.2 Å². The van der Waals surface area contributed by atoms with E-state index in [1.54, 1.807) is 36.8 Å². The summed E-state index contributed by atoms with van der Waals surface area (Å²) in [4.78, 5) is 0. The van der Waals surface area contributed by atoms with Gasteiger partial charge in [-0.3, -0.25) is 9.67 Å². The van der Waals surface area contributed by atoms with E-state index in [4.69, 9.17) is 26.4 Å². The average Bonchev–Trinajstić information content (AvgIpc) is 3.05. The lowest BCUT2D eigenvalue weighted by molar-refractivity contribution is 0.204. The second-order valence-corrected chi connectivity index (χ2v) is 5.98. The van der Waals surface area contributed by atoms with Crippen LogP contribution in [0.25, 0.3) is 5.69 Å². The highest BCUT2D eigenvalue weighted by Gasteiger charge is 2.20. The molecule has 1 aromatic heterocycles. The lowest BCUT2D eigenvalue weighted by Gasteiger charge is -2.17. The van der Waals surface area contributed by atoms with Crippen molar-refractivity contribution in [1.82, 2.24) is 14.8 Å². The van der Waals surface area contributed by atoms with E-state index in [2.05, 4.69) is 10.2 Å². The van der Waals surface area contributed by atoms with E-state index in [1.165, 1.54) is 13.2 Å². The lowest BCUT2D eigenvalue weighted by Crippen LogP contribution is -2.12. The molecule has 2 aromatic carbocycles. The standard InChI is InChI=1S/C18H17F2N3O3S/c1-10(26-14-6-4-11(19)8-13(14)20)17-21-22-18(27)23(17)12-5-7-15(24-2)16(9-12)25-3/h4-10H,1-3H3,(H,22,27). The molecular weight excluding hydrogens is 376 g/mol. The molecule has 9 heteroatoms. The number of methoxy groups -OCH3 is 2. The lowest BCUT2D eigenvalue weighted by atomic mass is 10.2. The van der Waals surface area contributed by atoms with Crippen LogP contribution in [0.3, 0.4) is 0 Å². The minimum atomic E-state index is -0.798. The smallest absolute Gasteiger partial charge is 0.199 e. The van der Waals surface area contributed by atoms with E-state index in [0.29, 0.717) is 27.8 Å². The van der Waals surface area contributed by atoms with Crippen LogP contribution in [-0.2, 0) is 0 Å². The first kappa shape index (κ1) is 18.8. The number of ether oxygens (including phenoxy) is 3. The van der Waals surface area contributed by atoms with Crippen LogP contribution in [0.1, 0.15) is 18.9 Å². The maximum atomic E-state index is 13.9. The van der Waals surface area contributed by atoms with Crippen molar-refractivity contribution in [2.45, 2.75) is 13.0 Å². The van der Waals surface area contributed by atoms with Crippen LogP contribution < -0.4 is 14.2 Å². The van der Waals surface area contributed by atoms with Crippen molar-refractivity contribution in [3.63, 3.8) is 0 Å². The van der Waals surface area contributed by atoms with E-state index in [9.17, 15) is 8.78 Å². The van der Waals surface area contributed by atoms with Gasteiger partial charge < -0.3 is 14.2 Å². The molecule has 0 saturated heterocycles. The first-order valence-electron chi connectivity index (χ1n) is 7.96. The molecule has 3 aromatic rings. The van der Waals surface area contributed by atoms with E-state index in [1.807, 2.05) is 0 Å². The Kier molecular flexibility index (Phi) is 5.41. The molecule has 0 aliphatic rings. The Morgan fingerprint density at radius 2 is 1.74 bits per heavy atom. The van der Waals surface area contributed by atoms with Crippen LogP contribution in [-0.4, -0.2) is 29.0 Å². The second kappa shape index (κ2) is 7.75. The fraction of sp³-hybridized carbons (Fsp3) is 0.222. The Labute approximate surface area is 159 Å². The van der Waals surface area contributed by atoms with E-state index in [0.717, 1.165) is 12.1 Å². The summed E-state index contributed by atoms with van der Waals surface area (Å²) >= 11 is 5.32. The molecule has 1 unspecified atom stereocenters. The number of nitrogens with zero attached hydrogens (tertiary/aromatic N) is 2. The highest BCUT2D eigenvalue weighted by molar-refractivity contribution is 7.71. The van der Waals surface area contributed by atoms with Gasteiger partial charge >= 0.3 is 0 Å². The molecule has 0 fully saturated rings. The van der Waals surface area contributed by atoms with Crippen LogP contribution in [0, 0.1) is 16.4 Å². The zero-order valence-electron chi connectivity index (χ0n) is 14.8. The summed E-state index contributed by atoms with van der Waals surface area (Å²) in [6.07, 6.45) is -0.675. The molecule has 0 amide bonds. The summed E-state index contributed by atoms with van der Waals surface area (Å²) in [5.74, 6) is -0.0699. The molecule has 0 bridgehead atoms. The topological polar surface area (TPSA) is 61.3 Å². The number of aromatic nitrogens is 3. The van der Waals surface area contributed by atoms with Crippen molar-refractivity contribution in [2.24, 2.45) is 0 Å². The molecule has 1 atom stereocenters. The molecular formula is C18H17F2N3O3S. The Hall–Kier alpha value is -2.94. The van der Waals surface area contributed by atoms with Crippen molar-refractivity contribution in [2.75, 3.05) is 14.2 Å². The number of hydrogen-bond donors (Lipinski definition) is 1. The van der Waals surface area contributed by atoms with Crippen LogP contribution in [0.15, 0.2) is 36.4 Å². The van der Waals surface area contributed by atoms with Gasteiger partial charge in [0.2, 0.25) is 0 Å². The molecule has 0 spiro atoms. The summed E-state index contributed by atoms with van der Waals surface area (Å²) in [6.45, 7) is 1.69. The van der Waals surface area contributed by atoms with Gasteiger partial charge in [0.1, 0.15) is 5.82 Å². The zero-order chi connectivity index (χ0) is 19.6. The molecule has 1 heterocycles. The largest absolute Gasteiger partial charge is 0.493 e.